The Balaban J connectivity index is 3.21. The summed E-state index contributed by atoms with van der Waals surface area (Å²) in [5.41, 5.74) is 2.06. The fraction of sp³-hybridized carbons (Fsp3) is 0.636. The number of thiophene rings is 1. The first kappa shape index (κ1) is 23.9. The SMILES string of the molecule is CCC[CH2][Sn]([CH2]CCC)([CH2]CCC)/[C](=C/C=C(/CO)c1ccsc1)CO. The predicted molar refractivity (Wildman–Crippen MR) is 119 cm³/mol. The first-order valence-corrected chi connectivity index (χ1v) is 18.7. The van der Waals surface area contributed by atoms with Gasteiger partial charge in [0.15, 0.2) is 0 Å². The topological polar surface area (TPSA) is 40.5 Å². The van der Waals surface area contributed by atoms with E-state index in [1.807, 2.05) is 5.38 Å². The summed E-state index contributed by atoms with van der Waals surface area (Å²) in [6, 6.07) is 2.06. The molecule has 1 aromatic rings. The van der Waals surface area contributed by atoms with E-state index in [1.54, 1.807) is 11.3 Å². The molecule has 0 radical (unpaired) electrons. The molecular weight excluding hydrogens is 447 g/mol. The van der Waals surface area contributed by atoms with Crippen molar-refractivity contribution in [3.8, 4) is 0 Å². The molecule has 0 aliphatic heterocycles. The van der Waals surface area contributed by atoms with Gasteiger partial charge in [-0.25, -0.2) is 0 Å². The fourth-order valence-corrected chi connectivity index (χ4v) is 20.3. The number of hydrogen-bond donors (Lipinski definition) is 2. The molecule has 1 heterocycles. The van der Waals surface area contributed by atoms with Crippen LogP contribution in [0.1, 0.15) is 64.9 Å². The summed E-state index contributed by atoms with van der Waals surface area (Å²) in [7, 11) is 0. The monoisotopic (exact) mass is 486 g/mol. The van der Waals surface area contributed by atoms with E-state index < -0.39 is 18.4 Å². The quantitative estimate of drug-likeness (QED) is 0.236. The maximum atomic E-state index is 10.3. The van der Waals surface area contributed by atoms with Crippen molar-refractivity contribution in [2.75, 3.05) is 13.2 Å². The van der Waals surface area contributed by atoms with Crippen molar-refractivity contribution in [2.24, 2.45) is 0 Å². The van der Waals surface area contributed by atoms with E-state index in [0.717, 1.165) is 11.1 Å². The second-order valence-corrected chi connectivity index (χ2v) is 21.5. The van der Waals surface area contributed by atoms with Gasteiger partial charge in [0, 0.05) is 0 Å². The summed E-state index contributed by atoms with van der Waals surface area (Å²) in [4.78, 5) is 0. The van der Waals surface area contributed by atoms with Gasteiger partial charge in [-0.1, -0.05) is 0 Å². The van der Waals surface area contributed by atoms with Crippen LogP contribution in [-0.2, 0) is 0 Å². The Morgan fingerprint density at radius 3 is 1.88 bits per heavy atom. The summed E-state index contributed by atoms with van der Waals surface area (Å²) >= 11 is -0.915. The molecule has 0 aliphatic carbocycles. The molecule has 0 aliphatic rings. The Labute approximate surface area is 168 Å². The molecule has 2 N–H and O–H groups in total. The molecule has 4 heteroatoms. The molecule has 0 atom stereocenters. The van der Waals surface area contributed by atoms with Crippen LogP contribution in [0.15, 0.2) is 32.6 Å². The standard InChI is InChI=1S/C10H11O2S.3C4H9.Sn/c11-5-2-1-3-9(7-12)10-4-6-13-8-10;3*1-3-4-2;/h1,3-4,6,8,11-12H,5,7H2;3*1,3-4H2,2H3;/b2-1?,9-3-;;;;. The zero-order valence-corrected chi connectivity index (χ0v) is 20.6. The molecule has 0 saturated carbocycles. The maximum absolute atomic E-state index is 10.3. The van der Waals surface area contributed by atoms with Crippen LogP contribution < -0.4 is 0 Å². The number of rotatable bonds is 14. The number of aliphatic hydroxyl groups excluding tert-OH is 2. The molecule has 2 nitrogen and oxygen atoms in total. The van der Waals surface area contributed by atoms with Gasteiger partial charge in [0.25, 0.3) is 0 Å². The van der Waals surface area contributed by atoms with Gasteiger partial charge in [0.2, 0.25) is 0 Å². The number of hydrogen-bond acceptors (Lipinski definition) is 3. The van der Waals surface area contributed by atoms with Crippen LogP contribution in [0, 0.1) is 0 Å². The zero-order valence-electron chi connectivity index (χ0n) is 17.0. The molecule has 0 amide bonds. The van der Waals surface area contributed by atoms with Crippen molar-refractivity contribution in [1.82, 2.24) is 0 Å². The molecule has 0 aromatic carbocycles. The third-order valence-electron chi connectivity index (χ3n) is 5.43. The molecule has 0 bridgehead atoms. The van der Waals surface area contributed by atoms with Crippen LogP contribution in [0.5, 0.6) is 0 Å². The van der Waals surface area contributed by atoms with Crippen molar-refractivity contribution >= 4 is 35.3 Å². The second kappa shape index (κ2) is 14.0. The molecule has 148 valence electrons. The molecule has 0 fully saturated rings. The summed E-state index contributed by atoms with van der Waals surface area (Å²) in [6.45, 7) is 7.08. The van der Waals surface area contributed by atoms with Gasteiger partial charge in [0.1, 0.15) is 0 Å². The first-order chi connectivity index (χ1) is 12.7. The Kier molecular flexibility index (Phi) is 12.9. The summed E-state index contributed by atoms with van der Waals surface area (Å²) < 4.78 is 5.44. The van der Waals surface area contributed by atoms with Gasteiger partial charge in [-0.3, -0.25) is 0 Å². The number of allylic oxidation sites excluding steroid dienone is 2. The average Bonchev–Trinajstić information content (AvgIpc) is 3.20. The van der Waals surface area contributed by atoms with Crippen molar-refractivity contribution in [3.63, 3.8) is 0 Å². The number of aliphatic hydroxyl groups is 2. The first-order valence-electron chi connectivity index (χ1n) is 10.3. The average molecular weight is 485 g/mol. The van der Waals surface area contributed by atoms with E-state index in [-0.39, 0.29) is 13.2 Å². The number of unbranched alkanes of at least 4 members (excludes halogenated alkanes) is 3. The molecule has 26 heavy (non-hydrogen) atoms. The van der Waals surface area contributed by atoms with E-state index in [2.05, 4.69) is 44.4 Å². The minimum atomic E-state index is -2.57. The summed E-state index contributed by atoms with van der Waals surface area (Å²) in [5.74, 6) is 0. The van der Waals surface area contributed by atoms with Gasteiger partial charge in [0.05, 0.1) is 0 Å². The second-order valence-electron chi connectivity index (χ2n) is 7.30. The third kappa shape index (κ3) is 7.49. The Bertz CT molecular complexity index is 513. The van der Waals surface area contributed by atoms with Crippen molar-refractivity contribution in [1.29, 1.82) is 0 Å². The van der Waals surface area contributed by atoms with Gasteiger partial charge in [-0.2, -0.15) is 0 Å². The Morgan fingerprint density at radius 1 is 0.923 bits per heavy atom. The van der Waals surface area contributed by atoms with E-state index in [0.29, 0.717) is 0 Å². The fourth-order valence-electron chi connectivity index (χ4n) is 3.69. The van der Waals surface area contributed by atoms with Crippen LogP contribution in [0.4, 0.5) is 0 Å². The van der Waals surface area contributed by atoms with E-state index >= 15 is 0 Å². The van der Waals surface area contributed by atoms with Gasteiger partial charge in [-0.15, -0.1) is 0 Å². The van der Waals surface area contributed by atoms with Crippen molar-refractivity contribution in [3.05, 3.63) is 38.1 Å². The Hall–Kier alpha value is -0.101. The van der Waals surface area contributed by atoms with Gasteiger partial charge < -0.3 is 0 Å². The normalized spacial score (nSPS) is 13.4. The van der Waals surface area contributed by atoms with E-state index in [9.17, 15) is 10.2 Å². The van der Waals surface area contributed by atoms with Crippen molar-refractivity contribution in [2.45, 2.75) is 72.6 Å². The van der Waals surface area contributed by atoms with Crippen LogP contribution >= 0.6 is 11.3 Å². The molecule has 0 spiro atoms. The summed E-state index contributed by atoms with van der Waals surface area (Å²) in [6.07, 6.45) is 11.9. The van der Waals surface area contributed by atoms with Crippen LogP contribution in [0.3, 0.4) is 0 Å². The predicted octanol–water partition coefficient (Wildman–Crippen LogP) is 6.43. The van der Waals surface area contributed by atoms with Gasteiger partial charge in [-0.05, 0) is 0 Å². The Morgan fingerprint density at radius 2 is 1.50 bits per heavy atom. The van der Waals surface area contributed by atoms with Crippen molar-refractivity contribution < 1.29 is 10.2 Å². The molecule has 0 saturated heterocycles. The zero-order chi connectivity index (χ0) is 19.3. The van der Waals surface area contributed by atoms with Crippen LogP contribution in [0.2, 0.25) is 13.3 Å². The van der Waals surface area contributed by atoms with Crippen LogP contribution in [0.25, 0.3) is 5.57 Å². The molecule has 1 aromatic heterocycles. The molecule has 0 unspecified atom stereocenters. The molecule has 1 rings (SSSR count). The summed E-state index contributed by atoms with van der Waals surface area (Å²) in [5, 5.41) is 24.2. The van der Waals surface area contributed by atoms with Crippen LogP contribution in [-0.4, -0.2) is 41.8 Å². The van der Waals surface area contributed by atoms with E-state index in [1.165, 1.54) is 55.4 Å². The van der Waals surface area contributed by atoms with E-state index in [4.69, 9.17) is 0 Å². The van der Waals surface area contributed by atoms with Gasteiger partial charge >= 0.3 is 169 Å². The third-order valence-corrected chi connectivity index (χ3v) is 22.1. The minimum absolute atomic E-state index is 0.0490. The molecular formula is C22H38O2SSn.